The van der Waals surface area contributed by atoms with Crippen molar-refractivity contribution in [3.63, 3.8) is 0 Å². The fourth-order valence-corrected chi connectivity index (χ4v) is 0.579. The van der Waals surface area contributed by atoms with Crippen molar-refractivity contribution < 1.29 is 5.11 Å². The summed E-state index contributed by atoms with van der Waals surface area (Å²) in [7, 11) is 0. The number of hydrogen-bond donors (Lipinski definition) is 2. The molecule has 0 amide bonds. The van der Waals surface area contributed by atoms with E-state index in [-0.39, 0.29) is 18.6 Å². The van der Waals surface area contributed by atoms with Crippen LogP contribution >= 0.6 is 0 Å². The molecule has 0 aromatic rings. The van der Waals surface area contributed by atoms with Crippen LogP contribution in [0, 0.1) is 5.92 Å². The Bertz CT molecular complexity index is 90.1. The van der Waals surface area contributed by atoms with Gasteiger partial charge in [0.25, 0.3) is 0 Å². The maximum absolute atomic E-state index is 8.43. The van der Waals surface area contributed by atoms with Gasteiger partial charge in [-0.1, -0.05) is 12.2 Å². The van der Waals surface area contributed by atoms with Crippen LogP contribution in [0.2, 0.25) is 0 Å². The zero-order valence-corrected chi connectivity index (χ0v) is 4.04. The lowest BCUT2D eigenvalue weighted by molar-refractivity contribution is 0.233. The van der Waals surface area contributed by atoms with Crippen LogP contribution in [-0.2, 0) is 0 Å². The van der Waals surface area contributed by atoms with Crippen LogP contribution in [0.5, 0.6) is 0 Å². The first-order chi connectivity index (χ1) is 3.34. The van der Waals surface area contributed by atoms with E-state index in [1.165, 1.54) is 0 Å². The second-order valence-corrected chi connectivity index (χ2v) is 1.81. The molecule has 2 nitrogen and oxygen atoms in total. The summed E-state index contributed by atoms with van der Waals surface area (Å²) in [5, 5.41) is 8.43. The first-order valence-electron chi connectivity index (χ1n) is 2.39. The van der Waals surface area contributed by atoms with Crippen molar-refractivity contribution in [1.29, 1.82) is 0 Å². The molecular formula is C5H9NO. The lowest BCUT2D eigenvalue weighted by atomic mass is 9.91. The summed E-state index contributed by atoms with van der Waals surface area (Å²) in [5.41, 5.74) is 5.39. The summed E-state index contributed by atoms with van der Waals surface area (Å²) >= 11 is 0. The Morgan fingerprint density at radius 1 is 1.57 bits per heavy atom. The highest BCUT2D eigenvalue weighted by Crippen LogP contribution is 2.13. The van der Waals surface area contributed by atoms with Crippen molar-refractivity contribution in [3.05, 3.63) is 12.2 Å². The van der Waals surface area contributed by atoms with Crippen LogP contribution in [0.3, 0.4) is 0 Å². The van der Waals surface area contributed by atoms with Gasteiger partial charge in [0.2, 0.25) is 0 Å². The molecule has 2 atom stereocenters. The predicted molar refractivity (Wildman–Crippen MR) is 27.7 cm³/mol. The van der Waals surface area contributed by atoms with E-state index in [9.17, 15) is 0 Å². The molecule has 7 heavy (non-hydrogen) atoms. The van der Waals surface area contributed by atoms with Crippen molar-refractivity contribution in [3.8, 4) is 0 Å². The van der Waals surface area contributed by atoms with Crippen molar-refractivity contribution >= 4 is 0 Å². The van der Waals surface area contributed by atoms with Crippen LogP contribution in [-0.4, -0.2) is 17.8 Å². The van der Waals surface area contributed by atoms with Gasteiger partial charge >= 0.3 is 0 Å². The van der Waals surface area contributed by atoms with E-state index >= 15 is 0 Å². The molecule has 0 unspecified atom stereocenters. The van der Waals surface area contributed by atoms with E-state index in [0.29, 0.717) is 0 Å². The highest BCUT2D eigenvalue weighted by Gasteiger charge is 2.17. The number of aliphatic hydroxyl groups excluding tert-OH is 1. The summed E-state index contributed by atoms with van der Waals surface area (Å²) < 4.78 is 0. The molecule has 0 fully saturated rings. The molecule has 0 aromatic heterocycles. The van der Waals surface area contributed by atoms with Crippen LogP contribution < -0.4 is 5.73 Å². The molecule has 3 N–H and O–H groups in total. The molecule has 40 valence electrons. The minimum absolute atomic E-state index is 0.116. The molecule has 2 heteroatoms. The molecule has 1 aliphatic carbocycles. The van der Waals surface area contributed by atoms with Crippen molar-refractivity contribution in [2.24, 2.45) is 11.7 Å². The Balaban J connectivity index is 2.33. The van der Waals surface area contributed by atoms with Gasteiger partial charge < -0.3 is 10.8 Å². The second kappa shape index (κ2) is 1.64. The van der Waals surface area contributed by atoms with E-state index in [0.717, 1.165) is 0 Å². The van der Waals surface area contributed by atoms with Gasteiger partial charge in [-0.05, 0) is 0 Å². The Morgan fingerprint density at radius 2 is 2.29 bits per heavy atom. The van der Waals surface area contributed by atoms with E-state index in [1.54, 1.807) is 0 Å². The molecule has 0 aliphatic heterocycles. The van der Waals surface area contributed by atoms with Crippen molar-refractivity contribution in [2.75, 3.05) is 6.61 Å². The maximum atomic E-state index is 8.43. The smallest absolute Gasteiger partial charge is 0.0511 e. The van der Waals surface area contributed by atoms with Gasteiger partial charge in [0.05, 0.1) is 6.61 Å². The van der Waals surface area contributed by atoms with Gasteiger partial charge in [-0.3, -0.25) is 0 Å². The average Bonchev–Trinajstić information content (AvgIpc) is 1.65. The first kappa shape index (κ1) is 4.81. The van der Waals surface area contributed by atoms with E-state index in [2.05, 4.69) is 0 Å². The zero-order valence-electron chi connectivity index (χ0n) is 4.04. The Labute approximate surface area is 42.6 Å². The summed E-state index contributed by atoms with van der Waals surface area (Å²) in [6.45, 7) is 0.192. The fourth-order valence-electron chi connectivity index (χ4n) is 0.579. The zero-order chi connectivity index (χ0) is 5.28. The summed E-state index contributed by atoms with van der Waals surface area (Å²) in [4.78, 5) is 0. The Hall–Kier alpha value is -0.340. The number of aliphatic hydroxyl groups is 1. The number of hydrogen-bond acceptors (Lipinski definition) is 2. The van der Waals surface area contributed by atoms with Crippen molar-refractivity contribution in [2.45, 2.75) is 6.04 Å². The molecule has 0 spiro atoms. The third kappa shape index (κ3) is 0.667. The summed E-state index contributed by atoms with van der Waals surface area (Å²) in [5.74, 6) is 0.236. The predicted octanol–water partition coefficient (Wildman–Crippen LogP) is -0.508. The Morgan fingerprint density at radius 3 is 2.29 bits per heavy atom. The second-order valence-electron chi connectivity index (χ2n) is 1.81. The SMILES string of the molecule is N[C@H]1C=C[C@H]1CO. The van der Waals surface area contributed by atoms with Gasteiger partial charge in [-0.25, -0.2) is 0 Å². The normalized spacial score (nSPS) is 38.0. The highest BCUT2D eigenvalue weighted by atomic mass is 16.3. The van der Waals surface area contributed by atoms with E-state index in [4.69, 9.17) is 10.8 Å². The Kier molecular flexibility index (Phi) is 1.13. The maximum Gasteiger partial charge on any atom is 0.0511 e. The molecule has 0 bridgehead atoms. The monoisotopic (exact) mass is 99.1 g/mol. The quantitative estimate of drug-likeness (QED) is 0.435. The lowest BCUT2D eigenvalue weighted by Gasteiger charge is -2.22. The summed E-state index contributed by atoms with van der Waals surface area (Å²) in [6.07, 6.45) is 3.81. The standard InChI is InChI=1S/C5H9NO/c6-5-2-1-4(5)3-7/h1-2,4-5,7H,3,6H2/t4-,5-/m0/s1. The van der Waals surface area contributed by atoms with Crippen LogP contribution in [0.1, 0.15) is 0 Å². The van der Waals surface area contributed by atoms with Gasteiger partial charge in [0, 0.05) is 12.0 Å². The molecule has 1 rings (SSSR count). The molecule has 0 heterocycles. The van der Waals surface area contributed by atoms with Crippen molar-refractivity contribution in [1.82, 2.24) is 0 Å². The third-order valence-corrected chi connectivity index (χ3v) is 1.29. The van der Waals surface area contributed by atoms with Gasteiger partial charge in [-0.2, -0.15) is 0 Å². The topological polar surface area (TPSA) is 46.2 Å². The molecule has 0 radical (unpaired) electrons. The average molecular weight is 99.1 g/mol. The number of rotatable bonds is 1. The molecule has 0 saturated carbocycles. The fraction of sp³-hybridized carbons (Fsp3) is 0.600. The molecule has 1 aliphatic rings. The highest BCUT2D eigenvalue weighted by molar-refractivity contribution is 5.12. The molecule has 0 saturated heterocycles. The minimum Gasteiger partial charge on any atom is -0.396 e. The lowest BCUT2D eigenvalue weighted by Crippen LogP contribution is -2.35. The van der Waals surface area contributed by atoms with Crippen LogP contribution in [0.25, 0.3) is 0 Å². The summed E-state index contributed by atoms with van der Waals surface area (Å²) in [6, 6.07) is 0.116. The van der Waals surface area contributed by atoms with Crippen LogP contribution in [0.4, 0.5) is 0 Å². The van der Waals surface area contributed by atoms with E-state index < -0.39 is 0 Å². The van der Waals surface area contributed by atoms with Gasteiger partial charge in [-0.15, -0.1) is 0 Å². The van der Waals surface area contributed by atoms with Gasteiger partial charge in [0.1, 0.15) is 0 Å². The van der Waals surface area contributed by atoms with Crippen LogP contribution in [0.15, 0.2) is 12.2 Å². The number of nitrogens with two attached hydrogens (primary N) is 1. The van der Waals surface area contributed by atoms with E-state index in [1.807, 2.05) is 12.2 Å². The first-order valence-corrected chi connectivity index (χ1v) is 2.39. The largest absolute Gasteiger partial charge is 0.396 e. The van der Waals surface area contributed by atoms with Gasteiger partial charge in [0.15, 0.2) is 0 Å². The molecule has 0 aromatic carbocycles. The molecular weight excluding hydrogens is 90.1 g/mol. The third-order valence-electron chi connectivity index (χ3n) is 1.29. The minimum atomic E-state index is 0.116.